The van der Waals surface area contributed by atoms with E-state index in [0.29, 0.717) is 41.0 Å². The van der Waals surface area contributed by atoms with E-state index in [-0.39, 0.29) is 23.2 Å². The lowest BCUT2D eigenvalue weighted by atomic mass is 9.98. The number of allylic oxidation sites excluding steroid dienone is 3. The number of ketones is 1. The van der Waals surface area contributed by atoms with E-state index in [1.807, 2.05) is 19.9 Å². The van der Waals surface area contributed by atoms with E-state index in [2.05, 4.69) is 6.08 Å². The van der Waals surface area contributed by atoms with Crippen molar-refractivity contribution >= 4 is 29.6 Å². The highest BCUT2D eigenvalue weighted by Gasteiger charge is 2.40. The van der Waals surface area contributed by atoms with Crippen LogP contribution >= 0.6 is 11.6 Å². The monoisotopic (exact) mass is 476 g/mol. The van der Waals surface area contributed by atoms with Crippen LogP contribution in [0.5, 0.6) is 11.5 Å². The molecule has 2 rings (SSSR count). The summed E-state index contributed by atoms with van der Waals surface area (Å²) in [4.78, 5) is 35.4. The Morgan fingerprint density at radius 2 is 1.88 bits per heavy atom. The van der Waals surface area contributed by atoms with Gasteiger partial charge < -0.3 is 14.2 Å². The normalized spacial score (nSPS) is 18.4. The first-order valence-electron chi connectivity index (χ1n) is 11.0. The number of hydrogen-bond donors (Lipinski definition) is 0. The fourth-order valence-electron chi connectivity index (χ4n) is 3.83. The summed E-state index contributed by atoms with van der Waals surface area (Å²) in [6.45, 7) is 10.6. The summed E-state index contributed by atoms with van der Waals surface area (Å²) in [7, 11) is 1.49. The van der Waals surface area contributed by atoms with Crippen LogP contribution in [-0.2, 0) is 20.7 Å². The van der Waals surface area contributed by atoms with Crippen LogP contribution in [0.25, 0.3) is 0 Å². The number of ether oxygens (including phenoxy) is 3. The molecule has 6 nitrogen and oxygen atoms in total. The largest absolute Gasteiger partial charge is 0.495 e. The van der Waals surface area contributed by atoms with E-state index in [0.717, 1.165) is 24.0 Å². The maximum Gasteiger partial charge on any atom is 0.308 e. The maximum atomic E-state index is 12.0. The Morgan fingerprint density at radius 3 is 2.39 bits per heavy atom. The summed E-state index contributed by atoms with van der Waals surface area (Å²) in [5.41, 5.74) is 2.75. The lowest BCUT2D eigenvalue weighted by Gasteiger charge is -2.18. The number of hydrogen-bond acceptors (Lipinski definition) is 6. The molecule has 180 valence electrons. The van der Waals surface area contributed by atoms with E-state index < -0.39 is 11.6 Å². The second-order valence-corrected chi connectivity index (χ2v) is 9.27. The fourth-order valence-corrected chi connectivity index (χ4v) is 4.12. The van der Waals surface area contributed by atoms with Gasteiger partial charge in [-0.15, -0.1) is 0 Å². The third-order valence-corrected chi connectivity index (χ3v) is 6.39. The van der Waals surface area contributed by atoms with Crippen LogP contribution in [0.4, 0.5) is 0 Å². The number of esters is 1. The standard InChI is InChI=1S/C26H33ClO6/c1-15(9-8-10-16(2)21-13-22(30)26(5,6)33-21)11-12-19-24(32-18(4)29)20(14-28)17(3)23(27)25(19)31-7/h10-11,14,21H,8-9,12-13H2,1-7H3/b15-11-,16-10-. The molecule has 1 atom stereocenters. The van der Waals surface area contributed by atoms with Gasteiger partial charge in [-0.05, 0) is 65.0 Å². The number of methoxy groups -OCH3 is 1. The summed E-state index contributed by atoms with van der Waals surface area (Å²) in [6, 6.07) is 0. The summed E-state index contributed by atoms with van der Waals surface area (Å²) < 4.78 is 16.7. The molecule has 0 N–H and O–H groups in total. The number of Topliss-reactive ketones (excluding diaryl/α,β-unsaturated/α-hetero) is 1. The molecule has 1 aromatic carbocycles. The second kappa shape index (κ2) is 11.1. The lowest BCUT2D eigenvalue weighted by molar-refractivity contribution is -0.132. The first kappa shape index (κ1) is 26.8. The molecular weight excluding hydrogens is 444 g/mol. The van der Waals surface area contributed by atoms with Gasteiger partial charge in [0.05, 0.1) is 23.8 Å². The van der Waals surface area contributed by atoms with Crippen molar-refractivity contribution in [3.63, 3.8) is 0 Å². The Morgan fingerprint density at radius 1 is 1.21 bits per heavy atom. The van der Waals surface area contributed by atoms with Crippen LogP contribution < -0.4 is 9.47 Å². The van der Waals surface area contributed by atoms with Gasteiger partial charge in [0.2, 0.25) is 0 Å². The number of carbonyl (C=O) groups is 3. The van der Waals surface area contributed by atoms with Crippen molar-refractivity contribution in [3.8, 4) is 11.5 Å². The van der Waals surface area contributed by atoms with Gasteiger partial charge in [0.25, 0.3) is 0 Å². The van der Waals surface area contributed by atoms with Gasteiger partial charge in [-0.2, -0.15) is 0 Å². The van der Waals surface area contributed by atoms with E-state index in [1.165, 1.54) is 14.0 Å². The summed E-state index contributed by atoms with van der Waals surface area (Å²) in [6.07, 6.45) is 6.98. The van der Waals surface area contributed by atoms with Crippen molar-refractivity contribution in [2.24, 2.45) is 0 Å². The first-order valence-corrected chi connectivity index (χ1v) is 11.4. The van der Waals surface area contributed by atoms with Crippen molar-refractivity contribution in [2.75, 3.05) is 7.11 Å². The highest BCUT2D eigenvalue weighted by Crippen LogP contribution is 2.42. The minimum Gasteiger partial charge on any atom is -0.495 e. The Hall–Kier alpha value is -2.44. The van der Waals surface area contributed by atoms with Crippen molar-refractivity contribution in [2.45, 2.75) is 78.9 Å². The van der Waals surface area contributed by atoms with Crippen molar-refractivity contribution in [3.05, 3.63) is 45.0 Å². The lowest BCUT2D eigenvalue weighted by Crippen LogP contribution is -2.27. The average molecular weight is 477 g/mol. The smallest absolute Gasteiger partial charge is 0.308 e. The highest BCUT2D eigenvalue weighted by molar-refractivity contribution is 6.33. The van der Waals surface area contributed by atoms with Crippen molar-refractivity contribution < 1.29 is 28.6 Å². The Balaban J connectivity index is 2.19. The van der Waals surface area contributed by atoms with Crippen LogP contribution in [0, 0.1) is 6.92 Å². The molecule has 1 heterocycles. The van der Waals surface area contributed by atoms with E-state index in [4.69, 9.17) is 25.8 Å². The third kappa shape index (κ3) is 6.33. The van der Waals surface area contributed by atoms with E-state index in [1.54, 1.807) is 20.8 Å². The van der Waals surface area contributed by atoms with Crippen LogP contribution in [-0.4, -0.2) is 36.9 Å². The molecule has 1 aromatic rings. The molecule has 1 aliphatic heterocycles. The molecule has 1 aliphatic rings. The Kier molecular flexibility index (Phi) is 9.04. The summed E-state index contributed by atoms with van der Waals surface area (Å²) in [5, 5.41) is 0.323. The Bertz CT molecular complexity index is 1000. The van der Waals surface area contributed by atoms with Crippen LogP contribution in [0.2, 0.25) is 5.02 Å². The van der Waals surface area contributed by atoms with Gasteiger partial charge in [-0.1, -0.05) is 29.3 Å². The number of benzene rings is 1. The molecule has 33 heavy (non-hydrogen) atoms. The number of carbonyl (C=O) groups excluding carboxylic acids is 3. The van der Waals surface area contributed by atoms with Gasteiger partial charge in [0.1, 0.15) is 17.1 Å². The molecule has 0 spiro atoms. The van der Waals surface area contributed by atoms with Gasteiger partial charge in [0, 0.05) is 18.9 Å². The maximum absolute atomic E-state index is 12.0. The van der Waals surface area contributed by atoms with Gasteiger partial charge >= 0.3 is 5.97 Å². The molecule has 7 heteroatoms. The zero-order chi connectivity index (χ0) is 24.9. The molecule has 1 fully saturated rings. The predicted molar refractivity (Wildman–Crippen MR) is 128 cm³/mol. The summed E-state index contributed by atoms with van der Waals surface area (Å²) in [5.74, 6) is 0.170. The minimum atomic E-state index is -0.718. The molecular formula is C26H33ClO6. The molecule has 1 unspecified atom stereocenters. The SMILES string of the molecule is COc1c(Cl)c(C)c(C=O)c(OC(C)=O)c1C/C=C(/C)CC/C=C(/C)C1CC(=O)C(C)(C)O1. The molecule has 0 amide bonds. The van der Waals surface area contributed by atoms with E-state index >= 15 is 0 Å². The van der Waals surface area contributed by atoms with Crippen LogP contribution in [0.3, 0.4) is 0 Å². The van der Waals surface area contributed by atoms with Crippen molar-refractivity contribution in [1.82, 2.24) is 0 Å². The number of aldehydes is 1. The fraction of sp³-hybridized carbons (Fsp3) is 0.500. The zero-order valence-electron chi connectivity index (χ0n) is 20.5. The Labute approximate surface area is 200 Å². The number of rotatable bonds is 9. The molecule has 0 saturated carbocycles. The van der Waals surface area contributed by atoms with Gasteiger partial charge in [-0.25, -0.2) is 0 Å². The van der Waals surface area contributed by atoms with Crippen molar-refractivity contribution in [1.29, 1.82) is 0 Å². The molecule has 1 saturated heterocycles. The highest BCUT2D eigenvalue weighted by atomic mass is 35.5. The van der Waals surface area contributed by atoms with Gasteiger partial charge in [0.15, 0.2) is 12.1 Å². The second-order valence-electron chi connectivity index (χ2n) is 8.89. The van der Waals surface area contributed by atoms with Crippen LogP contribution in [0.15, 0.2) is 23.3 Å². The average Bonchev–Trinajstić information content (AvgIpc) is 3.01. The minimum absolute atomic E-state index is 0.125. The molecule has 0 bridgehead atoms. The third-order valence-electron chi connectivity index (χ3n) is 5.94. The molecule has 0 aromatic heterocycles. The topological polar surface area (TPSA) is 78.9 Å². The predicted octanol–water partition coefficient (Wildman–Crippen LogP) is 5.75. The summed E-state index contributed by atoms with van der Waals surface area (Å²) >= 11 is 6.43. The quantitative estimate of drug-likeness (QED) is 0.195. The van der Waals surface area contributed by atoms with Gasteiger partial charge in [-0.3, -0.25) is 14.4 Å². The molecule has 0 radical (unpaired) electrons. The van der Waals surface area contributed by atoms with E-state index in [9.17, 15) is 14.4 Å². The molecule has 0 aliphatic carbocycles. The first-order chi connectivity index (χ1) is 15.4. The number of halogens is 1. The van der Waals surface area contributed by atoms with Crippen LogP contribution in [0.1, 0.15) is 75.4 Å². The zero-order valence-corrected chi connectivity index (χ0v) is 21.2.